The lowest BCUT2D eigenvalue weighted by molar-refractivity contribution is -0.200. The van der Waals surface area contributed by atoms with Crippen LogP contribution in [0, 0.1) is 19.8 Å². The molecule has 1 aromatic rings. The molecule has 1 aliphatic rings. The fourth-order valence-corrected chi connectivity index (χ4v) is 3.24. The van der Waals surface area contributed by atoms with Crippen molar-refractivity contribution in [3.8, 4) is 0 Å². The molecule has 1 nitrogen and oxygen atoms in total. The summed E-state index contributed by atoms with van der Waals surface area (Å²) in [7, 11) is 0. The minimum atomic E-state index is -4.20. The van der Waals surface area contributed by atoms with Gasteiger partial charge in [0.1, 0.15) is 0 Å². The molecular formula is C16H21F3O. The third-order valence-corrected chi connectivity index (χ3v) is 4.43. The zero-order valence-corrected chi connectivity index (χ0v) is 11.9. The molecular weight excluding hydrogens is 265 g/mol. The highest BCUT2D eigenvalue weighted by Gasteiger charge is 2.47. The Morgan fingerprint density at radius 2 is 1.85 bits per heavy atom. The normalized spacial score (nSPS) is 27.6. The molecule has 1 saturated carbocycles. The zero-order chi connectivity index (χ0) is 15.0. The number of aliphatic hydroxyl groups is 1. The molecule has 1 aliphatic carbocycles. The van der Waals surface area contributed by atoms with E-state index >= 15 is 0 Å². The van der Waals surface area contributed by atoms with Crippen molar-refractivity contribution < 1.29 is 18.3 Å². The molecule has 0 heterocycles. The molecule has 0 saturated heterocycles. The number of aryl methyl sites for hydroxylation is 2. The van der Waals surface area contributed by atoms with Gasteiger partial charge in [0.15, 0.2) is 0 Å². The average Bonchev–Trinajstić information content (AvgIpc) is 2.33. The Labute approximate surface area is 117 Å². The highest BCUT2D eigenvalue weighted by atomic mass is 19.4. The van der Waals surface area contributed by atoms with Crippen LogP contribution in [0.2, 0.25) is 0 Å². The Bertz CT molecular complexity index is 461. The van der Waals surface area contributed by atoms with Crippen molar-refractivity contribution in [2.75, 3.05) is 0 Å². The van der Waals surface area contributed by atoms with Crippen molar-refractivity contribution in [2.24, 2.45) is 5.92 Å². The fourth-order valence-electron chi connectivity index (χ4n) is 3.24. The molecule has 112 valence electrons. The number of alkyl halides is 3. The average molecular weight is 286 g/mol. The summed E-state index contributed by atoms with van der Waals surface area (Å²) in [4.78, 5) is 0. The van der Waals surface area contributed by atoms with E-state index < -0.39 is 17.7 Å². The largest absolute Gasteiger partial charge is 0.391 e. The van der Waals surface area contributed by atoms with Crippen LogP contribution in [0.25, 0.3) is 0 Å². The van der Waals surface area contributed by atoms with Gasteiger partial charge < -0.3 is 5.11 Å². The topological polar surface area (TPSA) is 20.2 Å². The number of hydrogen-bond donors (Lipinski definition) is 1. The summed E-state index contributed by atoms with van der Waals surface area (Å²) in [6.07, 6.45) is -3.03. The van der Waals surface area contributed by atoms with Crippen LogP contribution in [-0.2, 0) is 6.42 Å². The first-order valence-corrected chi connectivity index (χ1v) is 7.05. The van der Waals surface area contributed by atoms with E-state index in [1.54, 1.807) is 0 Å². The molecule has 1 fully saturated rings. The van der Waals surface area contributed by atoms with Crippen LogP contribution in [0.1, 0.15) is 42.4 Å². The lowest BCUT2D eigenvalue weighted by Crippen LogP contribution is -2.42. The molecule has 1 aromatic carbocycles. The Morgan fingerprint density at radius 1 is 1.25 bits per heavy atom. The summed E-state index contributed by atoms with van der Waals surface area (Å²) in [5.74, 6) is -1.37. The van der Waals surface area contributed by atoms with E-state index in [2.05, 4.69) is 0 Å². The van der Waals surface area contributed by atoms with Crippen LogP contribution >= 0.6 is 0 Å². The van der Waals surface area contributed by atoms with Gasteiger partial charge in [-0.1, -0.05) is 18.2 Å². The van der Waals surface area contributed by atoms with Crippen LogP contribution in [0.15, 0.2) is 18.2 Å². The van der Waals surface area contributed by atoms with Gasteiger partial charge in [-0.15, -0.1) is 0 Å². The van der Waals surface area contributed by atoms with E-state index in [-0.39, 0.29) is 12.8 Å². The fraction of sp³-hybridized carbons (Fsp3) is 0.625. The van der Waals surface area contributed by atoms with Gasteiger partial charge in [-0.3, -0.25) is 0 Å². The molecule has 4 heteroatoms. The number of rotatable bonds is 2. The molecule has 0 radical (unpaired) electrons. The first-order chi connectivity index (χ1) is 9.21. The van der Waals surface area contributed by atoms with Gasteiger partial charge in [-0.25, -0.2) is 0 Å². The number of hydrogen-bond acceptors (Lipinski definition) is 1. The van der Waals surface area contributed by atoms with Gasteiger partial charge in [0.2, 0.25) is 0 Å². The summed E-state index contributed by atoms with van der Waals surface area (Å²) in [6, 6.07) is 5.81. The molecule has 0 bridgehead atoms. The van der Waals surface area contributed by atoms with Crippen LogP contribution in [0.5, 0.6) is 0 Å². The van der Waals surface area contributed by atoms with Crippen molar-refractivity contribution in [1.29, 1.82) is 0 Å². The molecule has 2 unspecified atom stereocenters. The second-order valence-electron chi connectivity index (χ2n) is 6.11. The van der Waals surface area contributed by atoms with Crippen molar-refractivity contribution in [3.05, 3.63) is 34.9 Å². The predicted molar refractivity (Wildman–Crippen MR) is 72.6 cm³/mol. The van der Waals surface area contributed by atoms with E-state index in [9.17, 15) is 18.3 Å². The van der Waals surface area contributed by atoms with Crippen LogP contribution in [-0.4, -0.2) is 16.9 Å². The summed E-state index contributed by atoms with van der Waals surface area (Å²) in [5, 5.41) is 10.6. The van der Waals surface area contributed by atoms with E-state index in [1.807, 2.05) is 32.0 Å². The third kappa shape index (κ3) is 3.35. The van der Waals surface area contributed by atoms with Crippen LogP contribution in [0.4, 0.5) is 13.2 Å². The standard InChI is InChI=1S/C16H21F3O/c1-11-5-3-6-12(2)14(11)10-15(20)8-4-7-13(9-15)16(17,18)19/h3,5-6,13,20H,4,7-10H2,1-2H3. The maximum absolute atomic E-state index is 12.9. The summed E-state index contributed by atoms with van der Waals surface area (Å²) in [6.45, 7) is 3.88. The Hall–Kier alpha value is -1.03. The Kier molecular flexibility index (Phi) is 4.14. The minimum absolute atomic E-state index is 0.137. The van der Waals surface area contributed by atoms with Crippen LogP contribution in [0.3, 0.4) is 0 Å². The van der Waals surface area contributed by atoms with E-state index in [0.29, 0.717) is 19.3 Å². The second-order valence-corrected chi connectivity index (χ2v) is 6.11. The summed E-state index contributed by atoms with van der Waals surface area (Å²) in [5.41, 5.74) is 1.83. The summed E-state index contributed by atoms with van der Waals surface area (Å²) < 4.78 is 38.6. The van der Waals surface area contributed by atoms with Gasteiger partial charge in [-0.2, -0.15) is 13.2 Å². The smallest absolute Gasteiger partial charge is 0.390 e. The monoisotopic (exact) mass is 286 g/mol. The minimum Gasteiger partial charge on any atom is -0.390 e. The van der Waals surface area contributed by atoms with Crippen LogP contribution < -0.4 is 0 Å². The van der Waals surface area contributed by atoms with Crippen molar-refractivity contribution in [3.63, 3.8) is 0 Å². The van der Waals surface area contributed by atoms with Gasteiger partial charge in [-0.05, 0) is 56.2 Å². The van der Waals surface area contributed by atoms with E-state index in [4.69, 9.17) is 0 Å². The molecule has 0 amide bonds. The first kappa shape index (κ1) is 15.4. The van der Waals surface area contributed by atoms with Crippen molar-refractivity contribution >= 4 is 0 Å². The van der Waals surface area contributed by atoms with Gasteiger partial charge >= 0.3 is 6.18 Å². The highest BCUT2D eigenvalue weighted by Crippen LogP contribution is 2.43. The molecule has 2 atom stereocenters. The maximum Gasteiger partial charge on any atom is 0.391 e. The maximum atomic E-state index is 12.9. The number of halogens is 3. The Morgan fingerprint density at radius 3 is 2.40 bits per heavy atom. The third-order valence-electron chi connectivity index (χ3n) is 4.43. The lowest BCUT2D eigenvalue weighted by Gasteiger charge is -2.38. The Balaban J connectivity index is 2.19. The number of benzene rings is 1. The van der Waals surface area contributed by atoms with Crippen molar-refractivity contribution in [2.45, 2.75) is 57.7 Å². The van der Waals surface area contributed by atoms with Gasteiger partial charge in [0, 0.05) is 6.42 Å². The lowest BCUT2D eigenvalue weighted by atomic mass is 9.74. The van der Waals surface area contributed by atoms with Crippen molar-refractivity contribution in [1.82, 2.24) is 0 Å². The molecule has 0 aromatic heterocycles. The van der Waals surface area contributed by atoms with E-state index in [1.165, 1.54) is 0 Å². The highest BCUT2D eigenvalue weighted by molar-refractivity contribution is 5.34. The zero-order valence-electron chi connectivity index (χ0n) is 11.9. The SMILES string of the molecule is Cc1cccc(C)c1CC1(O)CCCC(C(F)(F)F)C1. The molecule has 1 N–H and O–H groups in total. The first-order valence-electron chi connectivity index (χ1n) is 7.05. The second kappa shape index (κ2) is 5.40. The van der Waals surface area contributed by atoms with Gasteiger partial charge in [0.25, 0.3) is 0 Å². The quantitative estimate of drug-likeness (QED) is 0.858. The molecule has 2 rings (SSSR count). The molecule has 20 heavy (non-hydrogen) atoms. The van der Waals surface area contributed by atoms with E-state index in [0.717, 1.165) is 16.7 Å². The predicted octanol–water partition coefficient (Wildman–Crippen LogP) is 4.33. The molecule has 0 spiro atoms. The van der Waals surface area contributed by atoms with Gasteiger partial charge in [0.05, 0.1) is 11.5 Å². The summed E-state index contributed by atoms with van der Waals surface area (Å²) >= 11 is 0. The molecule has 0 aliphatic heterocycles.